The van der Waals surface area contributed by atoms with Crippen molar-refractivity contribution in [3.63, 3.8) is 0 Å². The van der Waals surface area contributed by atoms with E-state index in [-0.39, 0.29) is 18.4 Å². The van der Waals surface area contributed by atoms with Crippen LogP contribution >= 0.6 is 15.9 Å². The summed E-state index contributed by atoms with van der Waals surface area (Å²) in [6.07, 6.45) is 1.14. The van der Waals surface area contributed by atoms with Crippen molar-refractivity contribution in [3.8, 4) is 0 Å². The van der Waals surface area contributed by atoms with Crippen LogP contribution in [0.1, 0.15) is 23.1 Å². The number of benzene rings is 2. The number of aryl methyl sites for hydroxylation is 3. The Hall–Kier alpha value is -2.14. The van der Waals surface area contributed by atoms with Crippen molar-refractivity contribution >= 4 is 39.1 Å². The first-order valence-electron chi connectivity index (χ1n) is 7.90. The van der Waals surface area contributed by atoms with E-state index in [0.717, 1.165) is 32.5 Å². The molecular weight excluding hydrogens is 368 g/mol. The lowest BCUT2D eigenvalue weighted by Gasteiger charge is -2.29. The van der Waals surface area contributed by atoms with E-state index in [2.05, 4.69) is 21.2 Å². The maximum absolute atomic E-state index is 12.5. The number of amides is 2. The maximum Gasteiger partial charge on any atom is 0.244 e. The zero-order valence-electron chi connectivity index (χ0n) is 13.7. The van der Waals surface area contributed by atoms with Gasteiger partial charge >= 0.3 is 0 Å². The zero-order valence-corrected chi connectivity index (χ0v) is 15.3. The molecule has 2 aromatic carbocycles. The molecule has 24 heavy (non-hydrogen) atoms. The minimum Gasteiger partial charge on any atom is -0.324 e. The molecule has 0 saturated heterocycles. The van der Waals surface area contributed by atoms with Gasteiger partial charge < -0.3 is 10.2 Å². The normalized spacial score (nSPS) is 13.6. The Kier molecular flexibility index (Phi) is 4.71. The molecule has 1 aliphatic rings. The third kappa shape index (κ3) is 3.51. The first-order valence-corrected chi connectivity index (χ1v) is 8.69. The fourth-order valence-electron chi connectivity index (χ4n) is 2.91. The molecule has 5 heteroatoms. The summed E-state index contributed by atoms with van der Waals surface area (Å²) < 4.78 is 0.982. The third-order valence-electron chi connectivity index (χ3n) is 4.21. The molecule has 3 rings (SSSR count). The van der Waals surface area contributed by atoms with Crippen molar-refractivity contribution in [3.05, 3.63) is 57.6 Å². The van der Waals surface area contributed by atoms with E-state index in [4.69, 9.17) is 0 Å². The van der Waals surface area contributed by atoms with Crippen molar-refractivity contribution in [2.24, 2.45) is 0 Å². The number of carbonyl (C=O) groups excluding carboxylic acids is 2. The molecular formula is C19H19BrN2O2. The van der Waals surface area contributed by atoms with Gasteiger partial charge in [0, 0.05) is 22.3 Å². The molecule has 0 unspecified atom stereocenters. The van der Waals surface area contributed by atoms with E-state index < -0.39 is 0 Å². The SMILES string of the molecule is Cc1ccc(C)c(NC(=O)CN2C(=O)CCc3cc(Br)ccc32)c1. The van der Waals surface area contributed by atoms with Gasteiger partial charge in [0.05, 0.1) is 0 Å². The number of nitrogens with zero attached hydrogens (tertiary/aromatic N) is 1. The Balaban J connectivity index is 1.79. The van der Waals surface area contributed by atoms with Gasteiger partial charge in [-0.1, -0.05) is 28.1 Å². The molecule has 2 aromatic rings. The third-order valence-corrected chi connectivity index (χ3v) is 4.70. The monoisotopic (exact) mass is 386 g/mol. The van der Waals surface area contributed by atoms with Crippen LogP contribution in [0.5, 0.6) is 0 Å². The highest BCUT2D eigenvalue weighted by Gasteiger charge is 2.26. The summed E-state index contributed by atoms with van der Waals surface area (Å²) >= 11 is 3.45. The van der Waals surface area contributed by atoms with Gasteiger partial charge in [-0.2, -0.15) is 0 Å². The second-order valence-electron chi connectivity index (χ2n) is 6.12. The molecule has 0 atom stereocenters. The van der Waals surface area contributed by atoms with Crippen LogP contribution in [0.3, 0.4) is 0 Å². The van der Waals surface area contributed by atoms with E-state index in [1.807, 2.05) is 50.2 Å². The van der Waals surface area contributed by atoms with Crippen LogP contribution in [0.15, 0.2) is 40.9 Å². The number of anilines is 2. The minimum absolute atomic E-state index is 0.0130. The van der Waals surface area contributed by atoms with Crippen molar-refractivity contribution in [1.29, 1.82) is 0 Å². The fourth-order valence-corrected chi connectivity index (χ4v) is 3.31. The molecule has 1 heterocycles. The molecule has 2 amide bonds. The van der Waals surface area contributed by atoms with Gasteiger partial charge in [-0.3, -0.25) is 9.59 Å². The number of fused-ring (bicyclic) bond motifs is 1. The number of rotatable bonds is 3. The molecule has 0 aliphatic carbocycles. The van der Waals surface area contributed by atoms with E-state index in [9.17, 15) is 9.59 Å². The first-order chi connectivity index (χ1) is 11.4. The van der Waals surface area contributed by atoms with Gasteiger partial charge in [-0.05, 0) is 61.2 Å². The van der Waals surface area contributed by atoms with Gasteiger partial charge in [0.1, 0.15) is 6.54 Å². The lowest BCUT2D eigenvalue weighted by molar-refractivity contribution is -0.121. The molecule has 1 N–H and O–H groups in total. The average molecular weight is 387 g/mol. The van der Waals surface area contributed by atoms with Crippen LogP contribution in [-0.2, 0) is 16.0 Å². The van der Waals surface area contributed by atoms with E-state index in [1.54, 1.807) is 4.90 Å². The largest absolute Gasteiger partial charge is 0.324 e. The molecule has 0 fully saturated rings. The number of hydrogen-bond acceptors (Lipinski definition) is 2. The number of carbonyl (C=O) groups is 2. The molecule has 0 saturated carbocycles. The molecule has 0 radical (unpaired) electrons. The highest BCUT2D eigenvalue weighted by molar-refractivity contribution is 9.10. The summed E-state index contributed by atoms with van der Waals surface area (Å²) in [4.78, 5) is 26.3. The zero-order chi connectivity index (χ0) is 17.3. The van der Waals surface area contributed by atoms with E-state index in [1.165, 1.54) is 0 Å². The van der Waals surface area contributed by atoms with Crippen LogP contribution in [0.25, 0.3) is 0 Å². The predicted octanol–water partition coefficient (Wildman–Crippen LogP) is 3.98. The molecule has 0 bridgehead atoms. The van der Waals surface area contributed by atoms with Gasteiger partial charge in [0.15, 0.2) is 0 Å². The Morgan fingerprint density at radius 2 is 1.96 bits per heavy atom. The standard InChI is InChI=1S/C19H19BrN2O2/c1-12-3-4-13(2)16(9-12)21-18(23)11-22-17-7-6-15(20)10-14(17)5-8-19(22)24/h3-4,6-7,9-10H,5,8,11H2,1-2H3,(H,21,23). The summed E-state index contributed by atoms with van der Waals surface area (Å²) in [7, 11) is 0. The molecule has 124 valence electrons. The van der Waals surface area contributed by atoms with Crippen LogP contribution in [0.4, 0.5) is 11.4 Å². The van der Waals surface area contributed by atoms with Gasteiger partial charge in [-0.25, -0.2) is 0 Å². The Labute approximate surface area is 150 Å². The topological polar surface area (TPSA) is 49.4 Å². The summed E-state index contributed by atoms with van der Waals surface area (Å²) in [5.41, 5.74) is 4.79. The van der Waals surface area contributed by atoms with Crippen molar-refractivity contribution in [2.75, 3.05) is 16.8 Å². The van der Waals surface area contributed by atoms with Crippen LogP contribution < -0.4 is 10.2 Å². The van der Waals surface area contributed by atoms with Crippen molar-refractivity contribution in [2.45, 2.75) is 26.7 Å². The number of nitrogens with one attached hydrogen (secondary N) is 1. The van der Waals surface area contributed by atoms with Gasteiger partial charge in [0.2, 0.25) is 11.8 Å². The van der Waals surface area contributed by atoms with Gasteiger partial charge in [-0.15, -0.1) is 0 Å². The Bertz CT molecular complexity index is 817. The smallest absolute Gasteiger partial charge is 0.244 e. The van der Waals surface area contributed by atoms with E-state index in [0.29, 0.717) is 12.8 Å². The summed E-state index contributed by atoms with van der Waals surface area (Å²) in [6, 6.07) is 11.7. The number of halogens is 1. The van der Waals surface area contributed by atoms with E-state index >= 15 is 0 Å². The quantitative estimate of drug-likeness (QED) is 0.866. The molecule has 4 nitrogen and oxygen atoms in total. The summed E-state index contributed by atoms with van der Waals surface area (Å²) in [5.74, 6) is -0.200. The van der Waals surface area contributed by atoms with Crippen LogP contribution in [-0.4, -0.2) is 18.4 Å². The molecule has 0 aromatic heterocycles. The molecule has 0 spiro atoms. The highest BCUT2D eigenvalue weighted by Crippen LogP contribution is 2.30. The lowest BCUT2D eigenvalue weighted by atomic mass is 10.0. The van der Waals surface area contributed by atoms with Crippen LogP contribution in [0.2, 0.25) is 0 Å². The first kappa shape index (κ1) is 16.7. The summed E-state index contributed by atoms with van der Waals surface area (Å²) in [5, 5.41) is 2.92. The van der Waals surface area contributed by atoms with Crippen molar-refractivity contribution < 1.29 is 9.59 Å². The van der Waals surface area contributed by atoms with Crippen molar-refractivity contribution in [1.82, 2.24) is 0 Å². The number of hydrogen-bond donors (Lipinski definition) is 1. The molecule has 1 aliphatic heterocycles. The summed E-state index contributed by atoms with van der Waals surface area (Å²) in [6.45, 7) is 3.96. The Morgan fingerprint density at radius 3 is 2.75 bits per heavy atom. The van der Waals surface area contributed by atoms with Gasteiger partial charge in [0.25, 0.3) is 0 Å². The minimum atomic E-state index is -0.187. The lowest BCUT2D eigenvalue weighted by Crippen LogP contribution is -2.41. The average Bonchev–Trinajstić information content (AvgIpc) is 2.53. The Morgan fingerprint density at radius 1 is 1.17 bits per heavy atom. The maximum atomic E-state index is 12.5. The second-order valence-corrected chi connectivity index (χ2v) is 7.04. The fraction of sp³-hybridized carbons (Fsp3) is 0.263. The second kappa shape index (κ2) is 6.77. The van der Waals surface area contributed by atoms with Crippen LogP contribution in [0, 0.1) is 13.8 Å². The predicted molar refractivity (Wildman–Crippen MR) is 99.4 cm³/mol. The highest BCUT2D eigenvalue weighted by atomic mass is 79.9.